The van der Waals surface area contributed by atoms with E-state index < -0.39 is 0 Å². The van der Waals surface area contributed by atoms with Gasteiger partial charge in [0.15, 0.2) is 0 Å². The molecule has 0 bridgehead atoms. The van der Waals surface area contributed by atoms with Crippen LogP contribution >= 0.6 is 0 Å². The maximum atomic E-state index is 12.2. The highest BCUT2D eigenvalue weighted by molar-refractivity contribution is 5.74. The van der Waals surface area contributed by atoms with Crippen LogP contribution in [0.15, 0.2) is 30.3 Å². The van der Waals surface area contributed by atoms with Crippen molar-refractivity contribution in [2.45, 2.75) is 31.9 Å². The molecule has 0 radical (unpaired) electrons. The lowest BCUT2D eigenvalue weighted by molar-refractivity contribution is 0.0982. The van der Waals surface area contributed by atoms with Crippen molar-refractivity contribution in [3.05, 3.63) is 35.9 Å². The SMILES string of the molecule is CC(c1ccccc1)N1CCN(C(=O)NCC2CCCO2)CC1. The first-order chi connectivity index (χ1) is 11.2. The molecule has 2 aliphatic heterocycles. The number of piperazine rings is 1. The summed E-state index contributed by atoms with van der Waals surface area (Å²) in [6.45, 7) is 7.12. The molecule has 1 N–H and O–H groups in total. The third kappa shape index (κ3) is 4.24. The van der Waals surface area contributed by atoms with Crippen molar-refractivity contribution in [1.29, 1.82) is 0 Å². The standard InChI is InChI=1S/C18H27N3O2/c1-15(16-6-3-2-4-7-16)20-9-11-21(12-10-20)18(22)19-14-17-8-5-13-23-17/h2-4,6-7,15,17H,5,8-14H2,1H3,(H,19,22). The van der Waals surface area contributed by atoms with Gasteiger partial charge in [0.1, 0.15) is 0 Å². The Morgan fingerprint density at radius 1 is 1.26 bits per heavy atom. The molecule has 2 unspecified atom stereocenters. The molecule has 5 heteroatoms. The quantitative estimate of drug-likeness (QED) is 0.926. The highest BCUT2D eigenvalue weighted by Crippen LogP contribution is 2.21. The van der Waals surface area contributed by atoms with Gasteiger partial charge in [0.2, 0.25) is 0 Å². The second-order valence-corrected chi connectivity index (χ2v) is 6.43. The Balaban J connectivity index is 1.43. The number of amides is 2. The highest BCUT2D eigenvalue weighted by Gasteiger charge is 2.25. The molecular formula is C18H27N3O2. The summed E-state index contributed by atoms with van der Waals surface area (Å²) in [6, 6.07) is 11.0. The van der Waals surface area contributed by atoms with E-state index in [1.807, 2.05) is 11.0 Å². The number of hydrogen-bond donors (Lipinski definition) is 1. The predicted molar refractivity (Wildman–Crippen MR) is 90.4 cm³/mol. The number of nitrogens with one attached hydrogen (secondary N) is 1. The lowest BCUT2D eigenvalue weighted by Gasteiger charge is -2.38. The average molecular weight is 317 g/mol. The molecule has 3 rings (SSSR count). The van der Waals surface area contributed by atoms with Gasteiger partial charge in [0.05, 0.1) is 6.10 Å². The normalized spacial score (nSPS) is 23.7. The molecular weight excluding hydrogens is 290 g/mol. The molecule has 23 heavy (non-hydrogen) atoms. The van der Waals surface area contributed by atoms with Crippen LogP contribution in [0.1, 0.15) is 31.4 Å². The molecule has 0 aliphatic carbocycles. The van der Waals surface area contributed by atoms with E-state index in [1.54, 1.807) is 0 Å². The Kier molecular flexibility index (Phi) is 5.51. The van der Waals surface area contributed by atoms with Crippen LogP contribution in [0.2, 0.25) is 0 Å². The first kappa shape index (κ1) is 16.3. The Hall–Kier alpha value is -1.59. The predicted octanol–water partition coefficient (Wildman–Crippen LogP) is 2.25. The molecule has 0 spiro atoms. The van der Waals surface area contributed by atoms with Crippen molar-refractivity contribution in [2.75, 3.05) is 39.3 Å². The van der Waals surface area contributed by atoms with Crippen molar-refractivity contribution in [3.8, 4) is 0 Å². The third-order valence-electron chi connectivity index (χ3n) is 4.94. The highest BCUT2D eigenvalue weighted by atomic mass is 16.5. The van der Waals surface area contributed by atoms with Gasteiger partial charge in [-0.1, -0.05) is 30.3 Å². The van der Waals surface area contributed by atoms with Gasteiger partial charge in [-0.2, -0.15) is 0 Å². The van der Waals surface area contributed by atoms with Crippen LogP contribution in [0.4, 0.5) is 4.79 Å². The van der Waals surface area contributed by atoms with Gasteiger partial charge >= 0.3 is 6.03 Å². The minimum Gasteiger partial charge on any atom is -0.376 e. The van der Waals surface area contributed by atoms with Gasteiger partial charge in [-0.25, -0.2) is 4.79 Å². The van der Waals surface area contributed by atoms with Gasteiger partial charge < -0.3 is 15.0 Å². The van der Waals surface area contributed by atoms with Crippen LogP contribution in [-0.2, 0) is 4.74 Å². The molecule has 2 aliphatic rings. The van der Waals surface area contributed by atoms with Gasteiger partial charge in [-0.3, -0.25) is 4.90 Å². The second-order valence-electron chi connectivity index (χ2n) is 6.43. The number of nitrogens with zero attached hydrogens (tertiary/aromatic N) is 2. The van der Waals surface area contributed by atoms with Crippen molar-refractivity contribution < 1.29 is 9.53 Å². The van der Waals surface area contributed by atoms with E-state index in [0.29, 0.717) is 12.6 Å². The molecule has 2 heterocycles. The third-order valence-corrected chi connectivity index (χ3v) is 4.94. The van der Waals surface area contributed by atoms with E-state index in [9.17, 15) is 4.79 Å². The molecule has 0 aromatic heterocycles. The van der Waals surface area contributed by atoms with E-state index >= 15 is 0 Å². The van der Waals surface area contributed by atoms with Crippen LogP contribution < -0.4 is 5.32 Å². The van der Waals surface area contributed by atoms with Crippen molar-refractivity contribution in [3.63, 3.8) is 0 Å². The summed E-state index contributed by atoms with van der Waals surface area (Å²) in [5.41, 5.74) is 1.34. The van der Waals surface area contributed by atoms with Gasteiger partial charge in [0, 0.05) is 45.4 Å². The summed E-state index contributed by atoms with van der Waals surface area (Å²) in [5.74, 6) is 0. The van der Waals surface area contributed by atoms with Gasteiger partial charge in [-0.05, 0) is 25.3 Å². The molecule has 5 nitrogen and oxygen atoms in total. The van der Waals surface area contributed by atoms with E-state index in [0.717, 1.165) is 45.6 Å². The zero-order chi connectivity index (χ0) is 16.1. The van der Waals surface area contributed by atoms with Crippen molar-refractivity contribution in [1.82, 2.24) is 15.1 Å². The van der Waals surface area contributed by atoms with Crippen molar-refractivity contribution >= 4 is 6.03 Å². The van der Waals surface area contributed by atoms with E-state index in [2.05, 4.69) is 41.4 Å². The fraction of sp³-hybridized carbons (Fsp3) is 0.611. The van der Waals surface area contributed by atoms with E-state index in [4.69, 9.17) is 4.74 Å². The number of ether oxygens (including phenoxy) is 1. The summed E-state index contributed by atoms with van der Waals surface area (Å²) < 4.78 is 5.55. The topological polar surface area (TPSA) is 44.8 Å². The van der Waals surface area contributed by atoms with Crippen LogP contribution in [0.25, 0.3) is 0 Å². The molecule has 1 aromatic rings. The van der Waals surface area contributed by atoms with E-state index in [-0.39, 0.29) is 12.1 Å². The fourth-order valence-corrected chi connectivity index (χ4v) is 3.37. The first-order valence-corrected chi connectivity index (χ1v) is 8.67. The van der Waals surface area contributed by atoms with Crippen molar-refractivity contribution in [2.24, 2.45) is 0 Å². The summed E-state index contributed by atoms with van der Waals surface area (Å²) >= 11 is 0. The van der Waals surface area contributed by atoms with Gasteiger partial charge in [-0.15, -0.1) is 0 Å². The molecule has 2 saturated heterocycles. The molecule has 126 valence electrons. The Morgan fingerprint density at radius 3 is 2.65 bits per heavy atom. The van der Waals surface area contributed by atoms with E-state index in [1.165, 1.54) is 5.56 Å². The first-order valence-electron chi connectivity index (χ1n) is 8.67. The molecule has 0 saturated carbocycles. The molecule has 2 fully saturated rings. The second kappa shape index (κ2) is 7.79. The molecule has 2 atom stereocenters. The van der Waals surface area contributed by atoms with Crippen LogP contribution in [0.3, 0.4) is 0 Å². The number of carbonyl (C=O) groups is 1. The summed E-state index contributed by atoms with van der Waals surface area (Å²) in [7, 11) is 0. The zero-order valence-electron chi connectivity index (χ0n) is 13.9. The zero-order valence-corrected chi connectivity index (χ0v) is 13.9. The van der Waals surface area contributed by atoms with Crippen LogP contribution in [-0.4, -0.2) is 61.3 Å². The number of carbonyl (C=O) groups excluding carboxylic acids is 1. The summed E-state index contributed by atoms with van der Waals surface area (Å²) in [5, 5.41) is 3.01. The minimum atomic E-state index is 0.0486. The number of urea groups is 1. The fourth-order valence-electron chi connectivity index (χ4n) is 3.37. The lowest BCUT2D eigenvalue weighted by Crippen LogP contribution is -2.52. The largest absolute Gasteiger partial charge is 0.376 e. The summed E-state index contributed by atoms with van der Waals surface area (Å²) in [6.07, 6.45) is 2.37. The minimum absolute atomic E-state index is 0.0486. The van der Waals surface area contributed by atoms with Crippen LogP contribution in [0, 0.1) is 0 Å². The Labute approximate surface area is 138 Å². The maximum Gasteiger partial charge on any atom is 0.317 e. The number of rotatable bonds is 4. The number of benzene rings is 1. The van der Waals surface area contributed by atoms with Gasteiger partial charge in [0.25, 0.3) is 0 Å². The molecule has 2 amide bonds. The Morgan fingerprint density at radius 2 is 2.00 bits per heavy atom. The Bertz CT molecular complexity index is 494. The smallest absolute Gasteiger partial charge is 0.317 e. The average Bonchev–Trinajstić information content (AvgIpc) is 3.13. The number of hydrogen-bond acceptors (Lipinski definition) is 3. The lowest BCUT2D eigenvalue weighted by atomic mass is 10.1. The summed E-state index contributed by atoms with van der Waals surface area (Å²) in [4.78, 5) is 16.6. The van der Waals surface area contributed by atoms with Crippen LogP contribution in [0.5, 0.6) is 0 Å². The maximum absolute atomic E-state index is 12.2. The molecule has 1 aromatic carbocycles. The monoisotopic (exact) mass is 317 g/mol.